The molecule has 0 bridgehead atoms. The molecular weight excluding hydrogens is 244 g/mol. The third-order valence-corrected chi connectivity index (χ3v) is 3.42. The van der Waals surface area contributed by atoms with E-state index in [9.17, 15) is 10.1 Å². The summed E-state index contributed by atoms with van der Waals surface area (Å²) >= 11 is 0. The Labute approximate surface area is 112 Å². The molecule has 1 unspecified atom stereocenters. The van der Waals surface area contributed by atoms with Crippen LogP contribution in [0.4, 0.5) is 17.1 Å². The summed E-state index contributed by atoms with van der Waals surface area (Å²) in [6, 6.07) is 5.24. The van der Waals surface area contributed by atoms with Crippen LogP contribution in [0.1, 0.15) is 12.8 Å². The zero-order chi connectivity index (χ0) is 14.0. The minimum Gasteiger partial charge on any atom is -0.398 e. The average Bonchev–Trinajstić information content (AvgIpc) is 2.75. The number of nitrogens with two attached hydrogens (primary N) is 1. The molecule has 6 heteroatoms. The highest BCUT2D eigenvalue weighted by molar-refractivity contribution is 5.63. The smallest absolute Gasteiger partial charge is 0.273 e. The standard InChI is InChI=1S/C13H20N4O2/c1-15(2)9-11-4-3-5-16(11)12-6-10(14)7-13(8-12)17(18)19/h6-8,11H,3-5,9,14H2,1-2H3. The van der Waals surface area contributed by atoms with Crippen LogP contribution in [0.5, 0.6) is 0 Å². The maximum atomic E-state index is 10.9. The molecule has 6 nitrogen and oxygen atoms in total. The lowest BCUT2D eigenvalue weighted by Crippen LogP contribution is -2.37. The summed E-state index contributed by atoms with van der Waals surface area (Å²) in [4.78, 5) is 14.9. The number of nitrogen functional groups attached to an aromatic ring is 1. The monoisotopic (exact) mass is 264 g/mol. The van der Waals surface area contributed by atoms with Gasteiger partial charge in [-0.3, -0.25) is 10.1 Å². The van der Waals surface area contributed by atoms with E-state index in [2.05, 4.69) is 9.80 Å². The fraction of sp³-hybridized carbons (Fsp3) is 0.538. The van der Waals surface area contributed by atoms with E-state index in [0.717, 1.165) is 31.6 Å². The fourth-order valence-corrected chi connectivity index (χ4v) is 2.68. The van der Waals surface area contributed by atoms with Crippen LogP contribution < -0.4 is 10.6 Å². The van der Waals surface area contributed by atoms with E-state index in [1.807, 2.05) is 20.2 Å². The number of hydrogen-bond donors (Lipinski definition) is 1. The molecule has 0 saturated carbocycles. The number of nitro benzene ring substituents is 1. The predicted molar refractivity (Wildman–Crippen MR) is 76.4 cm³/mol. The van der Waals surface area contributed by atoms with Crippen LogP contribution in [0, 0.1) is 10.1 Å². The van der Waals surface area contributed by atoms with Crippen molar-refractivity contribution in [1.82, 2.24) is 4.90 Å². The van der Waals surface area contributed by atoms with Crippen molar-refractivity contribution in [2.75, 3.05) is 37.8 Å². The number of likely N-dealkylation sites (N-methyl/N-ethyl adjacent to an activating group) is 1. The Balaban J connectivity index is 2.27. The summed E-state index contributed by atoms with van der Waals surface area (Å²) in [5, 5.41) is 10.9. The molecule has 1 heterocycles. The summed E-state index contributed by atoms with van der Waals surface area (Å²) in [5.74, 6) is 0. The maximum Gasteiger partial charge on any atom is 0.273 e. The molecule has 1 atom stereocenters. The van der Waals surface area contributed by atoms with E-state index in [0.29, 0.717) is 11.7 Å². The number of benzene rings is 1. The first-order chi connectivity index (χ1) is 8.97. The molecule has 1 fully saturated rings. The number of nitro groups is 1. The first kappa shape index (κ1) is 13.6. The molecule has 0 radical (unpaired) electrons. The Morgan fingerprint density at radius 3 is 2.84 bits per heavy atom. The van der Waals surface area contributed by atoms with E-state index in [1.54, 1.807) is 6.07 Å². The Kier molecular flexibility index (Phi) is 3.90. The van der Waals surface area contributed by atoms with Crippen molar-refractivity contribution in [3.63, 3.8) is 0 Å². The van der Waals surface area contributed by atoms with Crippen molar-refractivity contribution in [2.24, 2.45) is 0 Å². The molecule has 1 aliphatic heterocycles. The third-order valence-electron chi connectivity index (χ3n) is 3.42. The van der Waals surface area contributed by atoms with Crippen LogP contribution in [0.25, 0.3) is 0 Å². The van der Waals surface area contributed by atoms with Gasteiger partial charge in [0.15, 0.2) is 0 Å². The Hall–Kier alpha value is -1.82. The van der Waals surface area contributed by atoms with Gasteiger partial charge < -0.3 is 15.5 Å². The summed E-state index contributed by atoms with van der Waals surface area (Å²) in [5.41, 5.74) is 7.13. The SMILES string of the molecule is CN(C)CC1CCCN1c1cc(N)cc([N+](=O)[O-])c1. The predicted octanol–water partition coefficient (Wildman–Crippen LogP) is 1.71. The van der Waals surface area contributed by atoms with Crippen molar-refractivity contribution < 1.29 is 4.92 Å². The summed E-state index contributed by atoms with van der Waals surface area (Å²) in [6.07, 6.45) is 2.22. The van der Waals surface area contributed by atoms with Gasteiger partial charge in [0, 0.05) is 42.6 Å². The first-order valence-corrected chi connectivity index (χ1v) is 6.43. The van der Waals surface area contributed by atoms with Crippen molar-refractivity contribution in [3.05, 3.63) is 28.3 Å². The molecule has 0 spiro atoms. The second-order valence-corrected chi connectivity index (χ2v) is 5.29. The van der Waals surface area contributed by atoms with Crippen molar-refractivity contribution >= 4 is 17.1 Å². The van der Waals surface area contributed by atoms with Gasteiger partial charge in [0.2, 0.25) is 0 Å². The van der Waals surface area contributed by atoms with Crippen LogP contribution >= 0.6 is 0 Å². The van der Waals surface area contributed by atoms with E-state index >= 15 is 0 Å². The molecule has 104 valence electrons. The highest BCUT2D eigenvalue weighted by atomic mass is 16.6. The molecule has 1 saturated heterocycles. The molecule has 1 aliphatic rings. The van der Waals surface area contributed by atoms with Crippen molar-refractivity contribution in [3.8, 4) is 0 Å². The number of nitrogens with zero attached hydrogens (tertiary/aromatic N) is 3. The summed E-state index contributed by atoms with van der Waals surface area (Å²) in [7, 11) is 4.08. The topological polar surface area (TPSA) is 75.6 Å². The van der Waals surface area contributed by atoms with Crippen LogP contribution in [0.3, 0.4) is 0 Å². The summed E-state index contributed by atoms with van der Waals surface area (Å²) < 4.78 is 0. The Bertz CT molecular complexity index is 476. The lowest BCUT2D eigenvalue weighted by molar-refractivity contribution is -0.384. The molecule has 1 aromatic carbocycles. The fourth-order valence-electron chi connectivity index (χ4n) is 2.68. The third kappa shape index (κ3) is 3.14. The van der Waals surface area contributed by atoms with Gasteiger partial charge in [-0.2, -0.15) is 0 Å². The highest BCUT2D eigenvalue weighted by Gasteiger charge is 2.26. The number of hydrogen-bond acceptors (Lipinski definition) is 5. The zero-order valence-corrected chi connectivity index (χ0v) is 11.4. The van der Waals surface area contributed by atoms with E-state index in [1.165, 1.54) is 6.07 Å². The normalized spacial score (nSPS) is 19.1. The second-order valence-electron chi connectivity index (χ2n) is 5.29. The van der Waals surface area contributed by atoms with E-state index < -0.39 is 4.92 Å². The first-order valence-electron chi connectivity index (χ1n) is 6.43. The maximum absolute atomic E-state index is 10.9. The molecular formula is C13H20N4O2. The largest absolute Gasteiger partial charge is 0.398 e. The van der Waals surface area contributed by atoms with Crippen LogP contribution in [0.15, 0.2) is 18.2 Å². The van der Waals surface area contributed by atoms with Crippen molar-refractivity contribution in [2.45, 2.75) is 18.9 Å². The highest BCUT2D eigenvalue weighted by Crippen LogP contribution is 2.30. The van der Waals surface area contributed by atoms with Crippen LogP contribution in [0.2, 0.25) is 0 Å². The van der Waals surface area contributed by atoms with Gasteiger partial charge in [-0.05, 0) is 33.0 Å². The van der Waals surface area contributed by atoms with Gasteiger partial charge >= 0.3 is 0 Å². The van der Waals surface area contributed by atoms with Crippen molar-refractivity contribution in [1.29, 1.82) is 0 Å². The number of non-ortho nitro benzene ring substituents is 1. The van der Waals surface area contributed by atoms with Crippen LogP contribution in [-0.2, 0) is 0 Å². The van der Waals surface area contributed by atoms with Gasteiger partial charge in [-0.1, -0.05) is 0 Å². The molecule has 0 amide bonds. The van der Waals surface area contributed by atoms with Gasteiger partial charge in [-0.15, -0.1) is 0 Å². The van der Waals surface area contributed by atoms with Gasteiger partial charge in [0.1, 0.15) is 0 Å². The van der Waals surface area contributed by atoms with E-state index in [-0.39, 0.29) is 5.69 Å². The summed E-state index contributed by atoms with van der Waals surface area (Å²) in [6.45, 7) is 1.88. The molecule has 2 rings (SSSR count). The lowest BCUT2D eigenvalue weighted by atomic mass is 10.2. The molecule has 2 N–H and O–H groups in total. The molecule has 0 aromatic heterocycles. The molecule has 19 heavy (non-hydrogen) atoms. The number of rotatable bonds is 4. The Morgan fingerprint density at radius 1 is 1.47 bits per heavy atom. The second kappa shape index (κ2) is 5.44. The molecule has 1 aromatic rings. The Morgan fingerprint density at radius 2 is 2.21 bits per heavy atom. The lowest BCUT2D eigenvalue weighted by Gasteiger charge is -2.29. The minimum absolute atomic E-state index is 0.0607. The van der Waals surface area contributed by atoms with Gasteiger partial charge in [0.05, 0.1) is 4.92 Å². The average molecular weight is 264 g/mol. The molecule has 0 aliphatic carbocycles. The minimum atomic E-state index is -0.392. The number of anilines is 2. The quantitative estimate of drug-likeness (QED) is 0.509. The van der Waals surface area contributed by atoms with Crippen LogP contribution in [-0.4, -0.2) is 43.0 Å². The van der Waals surface area contributed by atoms with Gasteiger partial charge in [0.25, 0.3) is 5.69 Å². The van der Waals surface area contributed by atoms with Gasteiger partial charge in [-0.25, -0.2) is 0 Å². The van der Waals surface area contributed by atoms with E-state index in [4.69, 9.17) is 5.73 Å². The zero-order valence-electron chi connectivity index (χ0n) is 11.4.